The molecule has 0 heterocycles. The summed E-state index contributed by atoms with van der Waals surface area (Å²) in [6.07, 6.45) is 7.46. The molecular weight excluding hydrogens is 196 g/mol. The van der Waals surface area contributed by atoms with Crippen LogP contribution in [0.3, 0.4) is 0 Å². The molecule has 0 amide bonds. The minimum absolute atomic E-state index is 0.0739. The van der Waals surface area contributed by atoms with Gasteiger partial charge in [-0.1, -0.05) is 48.4 Å². The summed E-state index contributed by atoms with van der Waals surface area (Å²) in [5.41, 5.74) is 0.682. The van der Waals surface area contributed by atoms with E-state index in [4.69, 9.17) is 0 Å². The lowest BCUT2D eigenvalue weighted by atomic mass is 9.95. The molecule has 0 aliphatic heterocycles. The maximum atomic E-state index is 11.7. The molecule has 1 atom stereocenters. The fourth-order valence-electron chi connectivity index (χ4n) is 1.75. The number of rotatable bonds is 1. The third-order valence-corrected chi connectivity index (χ3v) is 2.69. The van der Waals surface area contributed by atoms with Crippen molar-refractivity contribution < 1.29 is 4.79 Å². The molecule has 80 valence electrons. The predicted molar refractivity (Wildman–Crippen MR) is 65.0 cm³/mol. The van der Waals surface area contributed by atoms with Crippen LogP contribution in [0, 0.1) is 17.8 Å². The Hall–Kier alpha value is -1.81. The molecular formula is C15H14O. The van der Waals surface area contributed by atoms with Gasteiger partial charge in [-0.3, -0.25) is 4.79 Å². The minimum atomic E-state index is -0.0739. The number of carbonyl (C=O) groups is 1. The van der Waals surface area contributed by atoms with Gasteiger partial charge < -0.3 is 0 Å². The van der Waals surface area contributed by atoms with Crippen molar-refractivity contribution in [2.45, 2.75) is 19.3 Å². The van der Waals surface area contributed by atoms with Crippen LogP contribution < -0.4 is 0 Å². The van der Waals surface area contributed by atoms with Crippen LogP contribution in [-0.4, -0.2) is 5.78 Å². The fraction of sp³-hybridized carbons (Fsp3) is 0.267. The monoisotopic (exact) mass is 210 g/mol. The van der Waals surface area contributed by atoms with E-state index in [-0.39, 0.29) is 5.78 Å². The third-order valence-electron chi connectivity index (χ3n) is 2.69. The molecule has 0 saturated carbocycles. The Balaban J connectivity index is 2.02. The van der Waals surface area contributed by atoms with E-state index >= 15 is 0 Å². The first kappa shape index (κ1) is 10.7. The van der Waals surface area contributed by atoms with E-state index in [2.05, 4.69) is 24.0 Å². The first-order chi connectivity index (χ1) is 7.86. The van der Waals surface area contributed by atoms with Crippen molar-refractivity contribution in [1.82, 2.24) is 0 Å². The first-order valence-electron chi connectivity index (χ1n) is 5.62. The van der Waals surface area contributed by atoms with E-state index in [1.165, 1.54) is 0 Å². The van der Waals surface area contributed by atoms with E-state index in [0.717, 1.165) is 19.3 Å². The zero-order valence-corrected chi connectivity index (χ0v) is 9.15. The summed E-state index contributed by atoms with van der Waals surface area (Å²) in [5, 5.41) is 0. The molecule has 1 aromatic carbocycles. The Bertz CT molecular complexity index is 445. The lowest BCUT2D eigenvalue weighted by Crippen LogP contribution is -2.01. The van der Waals surface area contributed by atoms with Crippen molar-refractivity contribution in [3.05, 3.63) is 48.0 Å². The molecule has 1 nitrogen and oxygen atoms in total. The molecule has 2 rings (SSSR count). The maximum absolute atomic E-state index is 11.7. The highest BCUT2D eigenvalue weighted by molar-refractivity contribution is 6.08. The van der Waals surface area contributed by atoms with E-state index in [0.29, 0.717) is 11.5 Å². The lowest BCUT2D eigenvalue weighted by Gasteiger charge is -2.09. The van der Waals surface area contributed by atoms with Crippen LogP contribution >= 0.6 is 0 Å². The highest BCUT2D eigenvalue weighted by atomic mass is 16.1. The summed E-state index contributed by atoms with van der Waals surface area (Å²) >= 11 is 0. The first-order valence-corrected chi connectivity index (χ1v) is 5.62. The average molecular weight is 210 g/mol. The summed E-state index contributed by atoms with van der Waals surface area (Å²) in [6.45, 7) is 0. The van der Waals surface area contributed by atoms with Gasteiger partial charge in [0.1, 0.15) is 0 Å². The van der Waals surface area contributed by atoms with E-state index in [1.807, 2.05) is 18.2 Å². The highest BCUT2D eigenvalue weighted by Gasteiger charge is 2.06. The Morgan fingerprint density at radius 1 is 1.19 bits per heavy atom. The van der Waals surface area contributed by atoms with Gasteiger partial charge in [0.05, 0.1) is 0 Å². The quantitative estimate of drug-likeness (QED) is 0.301. The van der Waals surface area contributed by atoms with Crippen LogP contribution in [0.4, 0.5) is 0 Å². The lowest BCUT2D eigenvalue weighted by molar-refractivity contribution is 0.105. The normalized spacial score (nSPS) is 18.6. The van der Waals surface area contributed by atoms with E-state index in [1.54, 1.807) is 12.1 Å². The summed E-state index contributed by atoms with van der Waals surface area (Å²) in [4.78, 5) is 11.7. The number of hydrogen-bond acceptors (Lipinski definition) is 1. The molecule has 0 saturated heterocycles. The van der Waals surface area contributed by atoms with Crippen LogP contribution in [0.5, 0.6) is 0 Å². The van der Waals surface area contributed by atoms with Crippen molar-refractivity contribution in [2.75, 3.05) is 0 Å². The highest BCUT2D eigenvalue weighted by Crippen LogP contribution is 2.16. The number of Topliss-reactive ketones (excluding diaryl/α,β-unsaturated/α-hetero) is 1. The SMILES string of the molecule is O=C(C#CC1CC=CCC1)c1ccccc1. The molecule has 1 aromatic rings. The zero-order chi connectivity index (χ0) is 11.2. The van der Waals surface area contributed by atoms with Crippen LogP contribution in [0.25, 0.3) is 0 Å². The zero-order valence-electron chi connectivity index (χ0n) is 9.15. The molecule has 16 heavy (non-hydrogen) atoms. The maximum Gasteiger partial charge on any atom is 0.235 e. The molecule has 0 spiro atoms. The van der Waals surface area contributed by atoms with Gasteiger partial charge in [0.15, 0.2) is 0 Å². The topological polar surface area (TPSA) is 17.1 Å². The fourth-order valence-corrected chi connectivity index (χ4v) is 1.75. The molecule has 1 unspecified atom stereocenters. The number of hydrogen-bond donors (Lipinski definition) is 0. The molecule has 1 aliphatic carbocycles. The van der Waals surface area contributed by atoms with Crippen LogP contribution in [0.1, 0.15) is 29.6 Å². The van der Waals surface area contributed by atoms with Gasteiger partial charge >= 0.3 is 0 Å². The van der Waals surface area contributed by atoms with Gasteiger partial charge in [0.25, 0.3) is 0 Å². The third kappa shape index (κ3) is 2.84. The molecule has 1 aliphatic rings. The summed E-state index contributed by atoms with van der Waals surface area (Å²) in [6, 6.07) is 9.22. The largest absolute Gasteiger partial charge is 0.279 e. The van der Waals surface area contributed by atoms with E-state index in [9.17, 15) is 4.79 Å². The Kier molecular flexibility index (Phi) is 3.56. The number of ketones is 1. The second-order valence-corrected chi connectivity index (χ2v) is 3.95. The number of benzene rings is 1. The van der Waals surface area contributed by atoms with Crippen LogP contribution in [0.15, 0.2) is 42.5 Å². The van der Waals surface area contributed by atoms with Crippen LogP contribution in [-0.2, 0) is 0 Å². The minimum Gasteiger partial charge on any atom is -0.279 e. The summed E-state index contributed by atoms with van der Waals surface area (Å²) in [7, 11) is 0. The van der Waals surface area contributed by atoms with Crippen molar-refractivity contribution >= 4 is 5.78 Å². The Morgan fingerprint density at radius 2 is 2.00 bits per heavy atom. The Labute approximate surface area is 96.2 Å². The standard InChI is InChI=1S/C15H14O/c16-15(14-9-5-2-6-10-14)12-11-13-7-3-1-4-8-13/h1-3,5-6,9-10,13H,4,7-8H2. The van der Waals surface area contributed by atoms with Crippen molar-refractivity contribution in [3.8, 4) is 11.8 Å². The van der Waals surface area contributed by atoms with Crippen LogP contribution in [0.2, 0.25) is 0 Å². The van der Waals surface area contributed by atoms with Crippen molar-refractivity contribution in [2.24, 2.45) is 5.92 Å². The molecule has 0 bridgehead atoms. The molecule has 0 N–H and O–H groups in total. The van der Waals surface area contributed by atoms with E-state index < -0.39 is 0 Å². The summed E-state index contributed by atoms with van der Waals surface area (Å²) < 4.78 is 0. The second-order valence-electron chi connectivity index (χ2n) is 3.95. The van der Waals surface area contributed by atoms with Gasteiger partial charge in [-0.15, -0.1) is 0 Å². The number of carbonyl (C=O) groups excluding carboxylic acids is 1. The predicted octanol–water partition coefficient (Wildman–Crippen LogP) is 3.23. The van der Waals surface area contributed by atoms with Gasteiger partial charge in [-0.25, -0.2) is 0 Å². The Morgan fingerprint density at radius 3 is 2.69 bits per heavy atom. The van der Waals surface area contributed by atoms with Crippen molar-refractivity contribution in [1.29, 1.82) is 0 Å². The molecule has 1 heteroatoms. The molecule has 0 radical (unpaired) electrons. The molecule has 0 fully saturated rings. The van der Waals surface area contributed by atoms with Gasteiger partial charge in [0, 0.05) is 11.5 Å². The van der Waals surface area contributed by atoms with Gasteiger partial charge in [-0.05, 0) is 25.2 Å². The second kappa shape index (κ2) is 5.32. The average Bonchev–Trinajstić information content (AvgIpc) is 2.38. The van der Waals surface area contributed by atoms with Gasteiger partial charge in [-0.2, -0.15) is 0 Å². The number of allylic oxidation sites excluding steroid dienone is 2. The van der Waals surface area contributed by atoms with Gasteiger partial charge in [0.2, 0.25) is 5.78 Å². The smallest absolute Gasteiger partial charge is 0.235 e. The summed E-state index contributed by atoms with van der Waals surface area (Å²) in [5.74, 6) is 6.10. The molecule has 0 aromatic heterocycles. The van der Waals surface area contributed by atoms with Crippen molar-refractivity contribution in [3.63, 3.8) is 0 Å².